The van der Waals surface area contributed by atoms with Crippen molar-refractivity contribution in [3.8, 4) is 0 Å². The van der Waals surface area contributed by atoms with E-state index in [4.69, 9.17) is 0 Å². The summed E-state index contributed by atoms with van der Waals surface area (Å²) in [6.45, 7) is 6.17. The molecule has 0 aromatic heterocycles. The fraction of sp³-hybridized carbons (Fsp3) is 0.600. The lowest BCUT2D eigenvalue weighted by molar-refractivity contribution is -0.131. The third kappa shape index (κ3) is 5.77. The third-order valence-electron chi connectivity index (χ3n) is 4.97. The van der Waals surface area contributed by atoms with Gasteiger partial charge in [0.15, 0.2) is 0 Å². The van der Waals surface area contributed by atoms with Crippen LogP contribution in [0.4, 0.5) is 5.69 Å². The van der Waals surface area contributed by atoms with Crippen LogP contribution in [0.15, 0.2) is 29.2 Å². The maximum Gasteiger partial charge on any atom is 0.247 e. The zero-order valence-corrected chi connectivity index (χ0v) is 16.5. The van der Waals surface area contributed by atoms with Gasteiger partial charge in [0.25, 0.3) is 0 Å². The molecule has 2 rings (SSSR count). The maximum atomic E-state index is 12.7. The van der Waals surface area contributed by atoms with Crippen molar-refractivity contribution in [1.82, 2.24) is 5.32 Å². The minimum Gasteiger partial charge on any atom is -0.344 e. The summed E-state index contributed by atoms with van der Waals surface area (Å²) in [7, 11) is 0. The Bertz CT molecular complexity index is 595. The first-order chi connectivity index (χ1) is 11.9. The number of carbonyl (C=O) groups excluding carboxylic acids is 2. The van der Waals surface area contributed by atoms with Crippen molar-refractivity contribution in [2.45, 2.75) is 57.4 Å². The van der Waals surface area contributed by atoms with Crippen LogP contribution in [0.25, 0.3) is 0 Å². The highest BCUT2D eigenvalue weighted by atomic mass is 32.2. The van der Waals surface area contributed by atoms with Crippen LogP contribution in [0.3, 0.4) is 0 Å². The summed E-state index contributed by atoms with van der Waals surface area (Å²) in [4.78, 5) is 26.4. The molecule has 0 heterocycles. The van der Waals surface area contributed by atoms with Crippen molar-refractivity contribution < 1.29 is 9.59 Å². The summed E-state index contributed by atoms with van der Waals surface area (Å²) in [5, 5.41) is 5.94. The van der Waals surface area contributed by atoms with E-state index in [0.717, 1.165) is 36.3 Å². The van der Waals surface area contributed by atoms with Gasteiger partial charge in [-0.2, -0.15) is 0 Å². The van der Waals surface area contributed by atoms with Gasteiger partial charge < -0.3 is 10.6 Å². The van der Waals surface area contributed by atoms with E-state index in [2.05, 4.69) is 17.6 Å². The number of anilines is 1. The van der Waals surface area contributed by atoms with E-state index >= 15 is 0 Å². The molecule has 1 aliphatic carbocycles. The van der Waals surface area contributed by atoms with Crippen molar-refractivity contribution in [3.63, 3.8) is 0 Å². The summed E-state index contributed by atoms with van der Waals surface area (Å²) < 4.78 is 0. The molecule has 1 saturated carbocycles. The van der Waals surface area contributed by atoms with Crippen molar-refractivity contribution in [1.29, 1.82) is 0 Å². The van der Waals surface area contributed by atoms with Gasteiger partial charge in [0.1, 0.15) is 6.04 Å². The second-order valence-corrected chi connectivity index (χ2v) is 8.29. The van der Waals surface area contributed by atoms with Crippen LogP contribution in [-0.4, -0.2) is 24.1 Å². The summed E-state index contributed by atoms with van der Waals surface area (Å²) >= 11 is 1.63. The number of rotatable bonds is 6. The second kappa shape index (κ2) is 9.27. The van der Waals surface area contributed by atoms with Gasteiger partial charge in [-0.1, -0.05) is 26.8 Å². The highest BCUT2D eigenvalue weighted by Gasteiger charge is 2.29. The minimum atomic E-state index is -0.509. The molecule has 1 aliphatic rings. The third-order valence-corrected chi connectivity index (χ3v) is 5.70. The molecule has 2 N–H and O–H groups in total. The van der Waals surface area contributed by atoms with E-state index in [9.17, 15) is 9.59 Å². The molecular weight excluding hydrogens is 332 g/mol. The molecule has 0 saturated heterocycles. The Balaban J connectivity index is 1.99. The van der Waals surface area contributed by atoms with Gasteiger partial charge in [0.2, 0.25) is 11.8 Å². The van der Waals surface area contributed by atoms with Crippen molar-refractivity contribution in [2.24, 2.45) is 17.8 Å². The predicted molar refractivity (Wildman–Crippen MR) is 105 cm³/mol. The standard InChI is InChI=1S/C20H30N2O2S/c1-13(2)18(22-19(23)15-10-8-14(3)9-11-15)20(24)21-16-6-5-7-17(12-16)25-4/h5-7,12-15,18H,8-11H2,1-4H3,(H,21,24)(H,22,23). The lowest BCUT2D eigenvalue weighted by Crippen LogP contribution is -2.49. The molecule has 1 fully saturated rings. The normalized spacial score (nSPS) is 21.6. The monoisotopic (exact) mass is 362 g/mol. The largest absolute Gasteiger partial charge is 0.344 e. The highest BCUT2D eigenvalue weighted by Crippen LogP contribution is 2.28. The van der Waals surface area contributed by atoms with E-state index in [0.29, 0.717) is 5.92 Å². The zero-order valence-electron chi connectivity index (χ0n) is 15.7. The number of nitrogens with one attached hydrogen (secondary N) is 2. The lowest BCUT2D eigenvalue weighted by Gasteiger charge is -2.28. The van der Waals surface area contributed by atoms with Crippen LogP contribution in [0.5, 0.6) is 0 Å². The summed E-state index contributed by atoms with van der Waals surface area (Å²) in [6.07, 6.45) is 6.05. The molecule has 25 heavy (non-hydrogen) atoms. The average Bonchev–Trinajstić information content (AvgIpc) is 2.59. The van der Waals surface area contributed by atoms with Crippen LogP contribution >= 0.6 is 11.8 Å². The van der Waals surface area contributed by atoms with Crippen LogP contribution < -0.4 is 10.6 Å². The molecule has 0 spiro atoms. The fourth-order valence-corrected chi connectivity index (χ4v) is 3.71. The van der Waals surface area contributed by atoms with Gasteiger partial charge in [-0.25, -0.2) is 0 Å². The highest BCUT2D eigenvalue weighted by molar-refractivity contribution is 7.98. The average molecular weight is 363 g/mol. The predicted octanol–water partition coefficient (Wildman–Crippen LogP) is 4.31. The number of benzene rings is 1. The van der Waals surface area contributed by atoms with Crippen LogP contribution in [-0.2, 0) is 9.59 Å². The fourth-order valence-electron chi connectivity index (χ4n) is 3.25. The van der Waals surface area contributed by atoms with E-state index < -0.39 is 6.04 Å². The van der Waals surface area contributed by atoms with Gasteiger partial charge in [-0.3, -0.25) is 9.59 Å². The molecule has 1 aromatic rings. The van der Waals surface area contributed by atoms with Gasteiger partial charge in [-0.05, 0) is 62.0 Å². The Kier molecular flexibility index (Phi) is 7.36. The first-order valence-corrected chi connectivity index (χ1v) is 10.4. The summed E-state index contributed by atoms with van der Waals surface area (Å²) in [6, 6.07) is 7.24. The molecule has 0 aliphatic heterocycles. The number of amides is 2. The van der Waals surface area contributed by atoms with E-state index in [1.54, 1.807) is 11.8 Å². The Morgan fingerprint density at radius 1 is 1.16 bits per heavy atom. The second-order valence-electron chi connectivity index (χ2n) is 7.41. The summed E-state index contributed by atoms with van der Waals surface area (Å²) in [5.41, 5.74) is 0.767. The number of carbonyl (C=O) groups is 2. The topological polar surface area (TPSA) is 58.2 Å². The number of thioether (sulfide) groups is 1. The quantitative estimate of drug-likeness (QED) is 0.741. The van der Waals surface area contributed by atoms with Crippen molar-refractivity contribution >= 4 is 29.3 Å². The van der Waals surface area contributed by atoms with Crippen LogP contribution in [0.1, 0.15) is 46.5 Å². The Labute approximate surface area is 155 Å². The van der Waals surface area contributed by atoms with Gasteiger partial charge >= 0.3 is 0 Å². The van der Waals surface area contributed by atoms with E-state index in [1.165, 1.54) is 0 Å². The molecule has 0 radical (unpaired) electrons. The molecular formula is C20H30N2O2S. The summed E-state index contributed by atoms with van der Waals surface area (Å²) in [5.74, 6) is 0.668. The Hall–Kier alpha value is -1.49. The van der Waals surface area contributed by atoms with Crippen molar-refractivity contribution in [2.75, 3.05) is 11.6 Å². The van der Waals surface area contributed by atoms with Gasteiger partial charge in [0, 0.05) is 16.5 Å². The lowest BCUT2D eigenvalue weighted by atomic mass is 9.82. The van der Waals surface area contributed by atoms with E-state index in [-0.39, 0.29) is 23.7 Å². The van der Waals surface area contributed by atoms with Gasteiger partial charge in [0.05, 0.1) is 0 Å². The molecule has 2 amide bonds. The zero-order chi connectivity index (χ0) is 18.4. The molecule has 138 valence electrons. The molecule has 1 unspecified atom stereocenters. The maximum absolute atomic E-state index is 12.7. The molecule has 1 aromatic carbocycles. The molecule has 0 bridgehead atoms. The van der Waals surface area contributed by atoms with E-state index in [1.807, 2.05) is 44.4 Å². The van der Waals surface area contributed by atoms with Crippen LogP contribution in [0, 0.1) is 17.8 Å². The molecule has 4 nitrogen and oxygen atoms in total. The number of hydrogen-bond donors (Lipinski definition) is 2. The first kappa shape index (κ1) is 19.8. The smallest absolute Gasteiger partial charge is 0.247 e. The molecule has 5 heteroatoms. The molecule has 1 atom stereocenters. The Morgan fingerprint density at radius 2 is 1.84 bits per heavy atom. The van der Waals surface area contributed by atoms with Crippen LogP contribution in [0.2, 0.25) is 0 Å². The minimum absolute atomic E-state index is 0.0265. The Morgan fingerprint density at radius 3 is 2.44 bits per heavy atom. The SMILES string of the molecule is CSc1cccc(NC(=O)C(NC(=O)C2CCC(C)CC2)C(C)C)c1. The van der Waals surface area contributed by atoms with Crippen molar-refractivity contribution in [3.05, 3.63) is 24.3 Å². The van der Waals surface area contributed by atoms with Gasteiger partial charge in [-0.15, -0.1) is 11.8 Å². The first-order valence-electron chi connectivity index (χ1n) is 9.16. The number of hydrogen-bond acceptors (Lipinski definition) is 3.